The van der Waals surface area contributed by atoms with Gasteiger partial charge in [-0.25, -0.2) is 25.9 Å². The molecule has 3 rings (SSSR count). The molecule has 0 aromatic heterocycles. The highest BCUT2D eigenvalue weighted by atomic mass is 32.2. The van der Waals surface area contributed by atoms with Crippen molar-refractivity contribution in [1.82, 2.24) is 9.03 Å². The molecule has 9 nitrogen and oxygen atoms in total. The van der Waals surface area contributed by atoms with Crippen molar-refractivity contribution in [3.63, 3.8) is 0 Å². The van der Waals surface area contributed by atoms with Crippen LogP contribution < -0.4 is 18.9 Å². The third kappa shape index (κ3) is 4.99. The third-order valence-corrected chi connectivity index (χ3v) is 7.38. The van der Waals surface area contributed by atoms with E-state index in [1.807, 2.05) is 0 Å². The number of sulfonamides is 2. The Morgan fingerprint density at radius 2 is 1.55 bits per heavy atom. The standard InChI is InChI=1S/C18H22N2O7S2/c1-20(2)29(23,24)15-5-3-14(4-6-15)25-10-9-19-28(21,22)16-7-8-17-18(13-16)27-12-11-26-17/h3-8,13,19H,9-12H2,1-2H3. The van der Waals surface area contributed by atoms with Gasteiger partial charge in [0.15, 0.2) is 11.5 Å². The average molecular weight is 443 g/mol. The van der Waals surface area contributed by atoms with E-state index in [1.165, 1.54) is 50.5 Å². The van der Waals surface area contributed by atoms with Crippen molar-refractivity contribution in [3.8, 4) is 17.2 Å². The molecule has 0 saturated heterocycles. The lowest BCUT2D eigenvalue weighted by Crippen LogP contribution is -2.28. The van der Waals surface area contributed by atoms with Crippen LogP contribution in [0.25, 0.3) is 0 Å². The molecular formula is C18H22N2O7S2. The van der Waals surface area contributed by atoms with E-state index in [9.17, 15) is 16.8 Å². The van der Waals surface area contributed by atoms with E-state index in [2.05, 4.69) is 4.72 Å². The average Bonchev–Trinajstić information content (AvgIpc) is 2.71. The molecule has 0 spiro atoms. The van der Waals surface area contributed by atoms with Crippen molar-refractivity contribution in [2.75, 3.05) is 40.5 Å². The molecule has 0 amide bonds. The first kappa shape index (κ1) is 21.4. The maximum atomic E-state index is 12.4. The fourth-order valence-electron chi connectivity index (χ4n) is 2.54. The lowest BCUT2D eigenvalue weighted by Gasteiger charge is -2.19. The quantitative estimate of drug-likeness (QED) is 0.609. The summed E-state index contributed by atoms with van der Waals surface area (Å²) in [5, 5.41) is 0. The minimum atomic E-state index is -3.73. The van der Waals surface area contributed by atoms with Crippen LogP contribution in [0.5, 0.6) is 17.2 Å². The summed E-state index contributed by atoms with van der Waals surface area (Å²) in [6.45, 7) is 0.904. The number of ether oxygens (including phenoxy) is 3. The lowest BCUT2D eigenvalue weighted by molar-refractivity contribution is 0.171. The fraction of sp³-hybridized carbons (Fsp3) is 0.333. The number of benzene rings is 2. The second-order valence-electron chi connectivity index (χ2n) is 6.31. The fourth-order valence-corrected chi connectivity index (χ4v) is 4.47. The van der Waals surface area contributed by atoms with Gasteiger partial charge in [-0.15, -0.1) is 0 Å². The summed E-state index contributed by atoms with van der Waals surface area (Å²) >= 11 is 0. The van der Waals surface area contributed by atoms with Crippen LogP contribution >= 0.6 is 0 Å². The van der Waals surface area contributed by atoms with Crippen LogP contribution in [0.1, 0.15) is 0 Å². The number of rotatable bonds is 8. The number of hydrogen-bond acceptors (Lipinski definition) is 7. The van der Waals surface area contributed by atoms with Crippen LogP contribution in [0.3, 0.4) is 0 Å². The van der Waals surface area contributed by atoms with Gasteiger partial charge in [0.2, 0.25) is 20.0 Å². The number of hydrogen-bond donors (Lipinski definition) is 1. The van der Waals surface area contributed by atoms with E-state index in [0.717, 1.165) is 4.31 Å². The van der Waals surface area contributed by atoms with Crippen LogP contribution in [-0.2, 0) is 20.0 Å². The van der Waals surface area contributed by atoms with Gasteiger partial charge in [0.05, 0.1) is 9.79 Å². The zero-order valence-corrected chi connectivity index (χ0v) is 17.6. The van der Waals surface area contributed by atoms with Crippen LogP contribution in [0.4, 0.5) is 0 Å². The predicted octanol–water partition coefficient (Wildman–Crippen LogP) is 1.07. The molecule has 1 aliphatic rings. The van der Waals surface area contributed by atoms with E-state index in [4.69, 9.17) is 14.2 Å². The van der Waals surface area contributed by atoms with Crippen LogP contribution in [-0.4, -0.2) is 61.6 Å². The Labute approximate surface area is 170 Å². The molecule has 0 saturated carbocycles. The van der Waals surface area contributed by atoms with E-state index in [0.29, 0.717) is 30.5 Å². The Hall–Kier alpha value is -2.34. The van der Waals surface area contributed by atoms with Crippen molar-refractivity contribution in [2.24, 2.45) is 0 Å². The monoisotopic (exact) mass is 442 g/mol. The highest BCUT2D eigenvalue weighted by Gasteiger charge is 2.19. The van der Waals surface area contributed by atoms with Crippen molar-refractivity contribution in [3.05, 3.63) is 42.5 Å². The van der Waals surface area contributed by atoms with E-state index < -0.39 is 20.0 Å². The molecule has 0 atom stereocenters. The highest BCUT2D eigenvalue weighted by Crippen LogP contribution is 2.32. The summed E-state index contributed by atoms with van der Waals surface area (Å²) in [6, 6.07) is 10.3. The topological polar surface area (TPSA) is 111 Å². The van der Waals surface area contributed by atoms with E-state index in [1.54, 1.807) is 6.07 Å². The second-order valence-corrected chi connectivity index (χ2v) is 10.2. The van der Waals surface area contributed by atoms with Gasteiger partial charge in [0.1, 0.15) is 25.6 Å². The van der Waals surface area contributed by atoms with Gasteiger partial charge >= 0.3 is 0 Å². The van der Waals surface area contributed by atoms with Crippen molar-refractivity contribution >= 4 is 20.0 Å². The van der Waals surface area contributed by atoms with Crippen LogP contribution in [0.2, 0.25) is 0 Å². The molecule has 2 aromatic rings. The largest absolute Gasteiger partial charge is 0.492 e. The predicted molar refractivity (Wildman–Crippen MR) is 105 cm³/mol. The zero-order valence-electron chi connectivity index (χ0n) is 16.0. The van der Waals surface area contributed by atoms with Crippen LogP contribution in [0, 0.1) is 0 Å². The first-order valence-electron chi connectivity index (χ1n) is 8.75. The first-order valence-corrected chi connectivity index (χ1v) is 11.7. The Kier molecular flexibility index (Phi) is 6.32. The molecule has 158 valence electrons. The molecule has 0 aliphatic carbocycles. The summed E-state index contributed by atoms with van der Waals surface area (Å²) in [4.78, 5) is 0.217. The summed E-state index contributed by atoms with van der Waals surface area (Å²) in [6.07, 6.45) is 0. The molecule has 0 bridgehead atoms. The maximum Gasteiger partial charge on any atom is 0.242 e. The summed E-state index contributed by atoms with van der Waals surface area (Å²) in [5.41, 5.74) is 0. The van der Waals surface area contributed by atoms with Gasteiger partial charge in [-0.3, -0.25) is 0 Å². The van der Waals surface area contributed by atoms with Gasteiger partial charge in [-0.2, -0.15) is 0 Å². The van der Waals surface area contributed by atoms with Gasteiger partial charge in [0, 0.05) is 26.7 Å². The Morgan fingerprint density at radius 3 is 2.21 bits per heavy atom. The lowest BCUT2D eigenvalue weighted by atomic mass is 10.3. The smallest absolute Gasteiger partial charge is 0.242 e. The van der Waals surface area contributed by atoms with Crippen molar-refractivity contribution in [1.29, 1.82) is 0 Å². The van der Waals surface area contributed by atoms with Gasteiger partial charge < -0.3 is 14.2 Å². The molecular weight excluding hydrogens is 420 g/mol. The Balaban J connectivity index is 1.55. The third-order valence-electron chi connectivity index (χ3n) is 4.09. The molecule has 0 radical (unpaired) electrons. The molecule has 1 aliphatic heterocycles. The molecule has 1 N–H and O–H groups in total. The number of fused-ring (bicyclic) bond motifs is 1. The first-order chi connectivity index (χ1) is 13.7. The van der Waals surface area contributed by atoms with Gasteiger partial charge in [-0.05, 0) is 36.4 Å². The molecule has 0 unspecified atom stereocenters. The molecule has 11 heteroatoms. The molecule has 0 fully saturated rings. The molecule has 1 heterocycles. The molecule has 2 aromatic carbocycles. The SMILES string of the molecule is CN(C)S(=O)(=O)c1ccc(OCCNS(=O)(=O)c2ccc3c(c2)OCCO3)cc1. The second kappa shape index (κ2) is 8.57. The van der Waals surface area contributed by atoms with Crippen molar-refractivity contribution < 1.29 is 31.0 Å². The van der Waals surface area contributed by atoms with Crippen molar-refractivity contribution in [2.45, 2.75) is 9.79 Å². The maximum absolute atomic E-state index is 12.4. The minimum Gasteiger partial charge on any atom is -0.492 e. The number of nitrogens with zero attached hydrogens (tertiary/aromatic N) is 1. The van der Waals surface area contributed by atoms with E-state index in [-0.39, 0.29) is 22.9 Å². The normalized spacial score (nSPS) is 14.0. The van der Waals surface area contributed by atoms with E-state index >= 15 is 0 Å². The summed E-state index contributed by atoms with van der Waals surface area (Å²) in [7, 11) is -4.34. The molecule has 29 heavy (non-hydrogen) atoms. The highest BCUT2D eigenvalue weighted by molar-refractivity contribution is 7.89. The summed E-state index contributed by atoms with van der Waals surface area (Å²) in [5.74, 6) is 1.34. The zero-order chi connectivity index (χ0) is 21.1. The van der Waals surface area contributed by atoms with Crippen LogP contribution in [0.15, 0.2) is 52.3 Å². The van der Waals surface area contributed by atoms with Gasteiger partial charge in [0.25, 0.3) is 0 Å². The summed E-state index contributed by atoms with van der Waals surface area (Å²) < 4.78 is 68.7. The van der Waals surface area contributed by atoms with Gasteiger partial charge in [-0.1, -0.05) is 0 Å². The Morgan fingerprint density at radius 1 is 0.931 bits per heavy atom. The Bertz CT molecular complexity index is 1070. The minimum absolute atomic E-state index is 0.0362. The number of nitrogens with one attached hydrogen (secondary N) is 1.